The van der Waals surface area contributed by atoms with Crippen LogP contribution in [0, 0.1) is 0 Å². The van der Waals surface area contributed by atoms with Crippen LogP contribution in [0.1, 0.15) is 41.0 Å². The second-order valence-corrected chi connectivity index (χ2v) is 6.39. The summed E-state index contributed by atoms with van der Waals surface area (Å²) in [5.74, 6) is -0.325. The molecule has 1 aliphatic heterocycles. The van der Waals surface area contributed by atoms with E-state index >= 15 is 0 Å². The lowest BCUT2D eigenvalue weighted by molar-refractivity contribution is -0.133. The van der Waals surface area contributed by atoms with E-state index in [2.05, 4.69) is 11.4 Å². The number of nitrogens with zero attached hydrogens (tertiary/aromatic N) is 1. The van der Waals surface area contributed by atoms with Crippen LogP contribution in [0.15, 0.2) is 40.5 Å². The van der Waals surface area contributed by atoms with Gasteiger partial charge in [0.15, 0.2) is 0 Å². The van der Waals surface area contributed by atoms with E-state index in [0.717, 1.165) is 19.4 Å². The number of likely N-dealkylation sites (tertiary alicyclic amines) is 1. The van der Waals surface area contributed by atoms with Crippen LogP contribution in [0.3, 0.4) is 0 Å². The molecule has 5 nitrogen and oxygen atoms in total. The van der Waals surface area contributed by atoms with Gasteiger partial charge in [0.25, 0.3) is 5.91 Å². The van der Waals surface area contributed by atoms with Crippen LogP contribution in [0.4, 0.5) is 0 Å². The maximum Gasteiger partial charge on any atom is 0.255 e. The monoisotopic (exact) mass is 318 g/mol. The van der Waals surface area contributed by atoms with Gasteiger partial charge in [-0.05, 0) is 37.3 Å². The molecule has 0 radical (unpaired) electrons. The highest BCUT2D eigenvalue weighted by molar-refractivity contribution is 7.10. The van der Waals surface area contributed by atoms with Crippen LogP contribution in [-0.4, -0.2) is 29.3 Å². The lowest BCUT2D eigenvalue weighted by atomic mass is 10.1. The molecule has 1 saturated heterocycles. The Hall–Kier alpha value is -2.08. The fourth-order valence-corrected chi connectivity index (χ4v) is 3.66. The molecule has 0 aromatic carbocycles. The van der Waals surface area contributed by atoms with Gasteiger partial charge in [0, 0.05) is 11.4 Å². The highest BCUT2D eigenvalue weighted by atomic mass is 32.1. The minimum atomic E-state index is -0.553. The van der Waals surface area contributed by atoms with Crippen LogP contribution in [0.5, 0.6) is 0 Å². The molecule has 2 aromatic rings. The number of nitrogens with one attached hydrogen (secondary N) is 1. The summed E-state index contributed by atoms with van der Waals surface area (Å²) in [6.07, 6.45) is 4.79. The molecule has 2 atom stereocenters. The lowest BCUT2D eigenvalue weighted by Gasteiger charge is -2.27. The zero-order chi connectivity index (χ0) is 15.5. The molecule has 2 aromatic heterocycles. The first-order valence-electron chi connectivity index (χ1n) is 7.34. The third kappa shape index (κ3) is 2.92. The predicted octanol–water partition coefficient (Wildman–Crippen LogP) is 2.82. The molecule has 3 heterocycles. The van der Waals surface area contributed by atoms with Gasteiger partial charge in [-0.2, -0.15) is 0 Å². The van der Waals surface area contributed by atoms with Gasteiger partial charge < -0.3 is 14.6 Å². The molecule has 1 aliphatic rings. The normalized spacial score (nSPS) is 19.1. The van der Waals surface area contributed by atoms with E-state index in [4.69, 9.17) is 4.42 Å². The third-order valence-corrected chi connectivity index (χ3v) is 4.88. The minimum Gasteiger partial charge on any atom is -0.472 e. The molecule has 116 valence electrons. The Bertz CT molecular complexity index is 636. The number of thiophene rings is 1. The second kappa shape index (κ2) is 6.36. The largest absolute Gasteiger partial charge is 0.472 e. The van der Waals surface area contributed by atoms with Gasteiger partial charge in [0.1, 0.15) is 12.3 Å². The summed E-state index contributed by atoms with van der Waals surface area (Å²) in [5.41, 5.74) is 0.427. The summed E-state index contributed by atoms with van der Waals surface area (Å²) >= 11 is 1.67. The van der Waals surface area contributed by atoms with Crippen molar-refractivity contribution in [2.45, 2.75) is 31.8 Å². The molecule has 0 bridgehead atoms. The van der Waals surface area contributed by atoms with Gasteiger partial charge in [0.05, 0.1) is 17.9 Å². The van der Waals surface area contributed by atoms with E-state index in [1.54, 1.807) is 24.3 Å². The van der Waals surface area contributed by atoms with E-state index in [1.165, 1.54) is 17.4 Å². The van der Waals surface area contributed by atoms with Crippen molar-refractivity contribution in [3.63, 3.8) is 0 Å². The Balaban J connectivity index is 1.66. The summed E-state index contributed by atoms with van der Waals surface area (Å²) in [4.78, 5) is 27.7. The Kier molecular flexibility index (Phi) is 4.29. The molecule has 0 spiro atoms. The van der Waals surface area contributed by atoms with Crippen LogP contribution in [0.2, 0.25) is 0 Å². The molecule has 1 N–H and O–H groups in total. The summed E-state index contributed by atoms with van der Waals surface area (Å²) in [6.45, 7) is 2.47. The number of rotatable bonds is 4. The topological polar surface area (TPSA) is 62.6 Å². The Morgan fingerprint density at radius 1 is 1.45 bits per heavy atom. The van der Waals surface area contributed by atoms with Crippen molar-refractivity contribution in [3.8, 4) is 0 Å². The van der Waals surface area contributed by atoms with Gasteiger partial charge in [-0.1, -0.05) is 6.07 Å². The van der Waals surface area contributed by atoms with Crippen molar-refractivity contribution in [2.75, 3.05) is 6.54 Å². The van der Waals surface area contributed by atoms with E-state index in [0.29, 0.717) is 5.56 Å². The summed E-state index contributed by atoms with van der Waals surface area (Å²) in [6, 6.07) is 5.24. The molecule has 22 heavy (non-hydrogen) atoms. The summed E-state index contributed by atoms with van der Waals surface area (Å²) in [5, 5.41) is 4.77. The summed E-state index contributed by atoms with van der Waals surface area (Å²) < 4.78 is 4.89. The van der Waals surface area contributed by atoms with Crippen molar-refractivity contribution < 1.29 is 14.0 Å². The zero-order valence-corrected chi connectivity index (χ0v) is 13.1. The van der Waals surface area contributed by atoms with E-state index < -0.39 is 6.04 Å². The van der Waals surface area contributed by atoms with Crippen molar-refractivity contribution >= 4 is 23.2 Å². The number of amides is 2. The van der Waals surface area contributed by atoms with E-state index in [1.807, 2.05) is 16.3 Å². The first-order valence-corrected chi connectivity index (χ1v) is 8.21. The molecule has 0 saturated carbocycles. The molecular formula is C16H18N2O3S. The van der Waals surface area contributed by atoms with Crippen molar-refractivity contribution in [1.29, 1.82) is 0 Å². The first kappa shape index (κ1) is 14.8. The van der Waals surface area contributed by atoms with E-state index in [9.17, 15) is 9.59 Å². The van der Waals surface area contributed by atoms with Gasteiger partial charge in [0.2, 0.25) is 5.91 Å². The Morgan fingerprint density at radius 2 is 2.32 bits per heavy atom. The number of furan rings is 1. The highest BCUT2D eigenvalue weighted by Crippen LogP contribution is 2.34. The summed E-state index contributed by atoms with van der Waals surface area (Å²) in [7, 11) is 0. The minimum absolute atomic E-state index is 0.0345. The van der Waals surface area contributed by atoms with Gasteiger partial charge in [-0.3, -0.25) is 9.59 Å². The average Bonchev–Trinajstić information content (AvgIpc) is 3.26. The smallest absolute Gasteiger partial charge is 0.255 e. The molecule has 0 unspecified atom stereocenters. The lowest BCUT2D eigenvalue weighted by Crippen LogP contribution is -2.46. The van der Waals surface area contributed by atoms with Crippen LogP contribution in [-0.2, 0) is 4.79 Å². The number of hydrogen-bond acceptors (Lipinski definition) is 4. The quantitative estimate of drug-likeness (QED) is 0.943. The average molecular weight is 318 g/mol. The standard InChI is InChI=1S/C16H18N2O3S/c1-11(17-15(19)12-6-8-21-10-12)16(20)18-7-2-4-13(18)14-5-3-9-22-14/h3,5-6,8-11,13H,2,4,7H2,1H3,(H,17,19)/t11-,13-/m0/s1. The zero-order valence-electron chi connectivity index (χ0n) is 12.3. The maximum atomic E-state index is 12.6. The molecule has 0 aliphatic carbocycles. The fraction of sp³-hybridized carbons (Fsp3) is 0.375. The number of carbonyl (C=O) groups excluding carboxylic acids is 2. The molecule has 3 rings (SSSR count). The van der Waals surface area contributed by atoms with Gasteiger partial charge >= 0.3 is 0 Å². The Labute approximate surface area is 132 Å². The van der Waals surface area contributed by atoms with Crippen molar-refractivity contribution in [2.24, 2.45) is 0 Å². The third-order valence-electron chi connectivity index (χ3n) is 3.91. The SMILES string of the molecule is C[C@H](NC(=O)c1ccoc1)C(=O)N1CCC[C@H]1c1cccs1. The molecular weight excluding hydrogens is 300 g/mol. The van der Waals surface area contributed by atoms with Crippen molar-refractivity contribution in [1.82, 2.24) is 10.2 Å². The second-order valence-electron chi connectivity index (χ2n) is 5.41. The number of hydrogen-bond donors (Lipinski definition) is 1. The Morgan fingerprint density at radius 3 is 3.00 bits per heavy atom. The first-order chi connectivity index (χ1) is 10.7. The van der Waals surface area contributed by atoms with Gasteiger partial charge in [-0.25, -0.2) is 0 Å². The van der Waals surface area contributed by atoms with Crippen LogP contribution in [0.25, 0.3) is 0 Å². The molecule has 2 amide bonds. The van der Waals surface area contributed by atoms with Crippen LogP contribution >= 0.6 is 11.3 Å². The van der Waals surface area contributed by atoms with Gasteiger partial charge in [-0.15, -0.1) is 11.3 Å². The fourth-order valence-electron chi connectivity index (χ4n) is 2.79. The van der Waals surface area contributed by atoms with Crippen LogP contribution < -0.4 is 5.32 Å². The van der Waals surface area contributed by atoms with E-state index in [-0.39, 0.29) is 17.9 Å². The van der Waals surface area contributed by atoms with Crippen molar-refractivity contribution in [3.05, 3.63) is 46.5 Å². The predicted molar refractivity (Wildman–Crippen MR) is 83.6 cm³/mol. The molecule has 6 heteroatoms. The highest BCUT2D eigenvalue weighted by Gasteiger charge is 2.33. The maximum absolute atomic E-state index is 12.6. The number of carbonyl (C=O) groups is 2. The molecule has 1 fully saturated rings.